The van der Waals surface area contributed by atoms with Gasteiger partial charge in [0.1, 0.15) is 35.2 Å². The predicted octanol–water partition coefficient (Wildman–Crippen LogP) is 11.2. The third-order valence-electron chi connectivity index (χ3n) is 13.4. The number of rotatable bonds is 17. The summed E-state index contributed by atoms with van der Waals surface area (Å²) < 4.78 is 69.9. The number of fused-ring (bicyclic) bond motifs is 2. The van der Waals surface area contributed by atoms with Crippen LogP contribution in [0.15, 0.2) is 222 Å². The lowest BCUT2D eigenvalue weighted by Gasteiger charge is -2.44. The van der Waals surface area contributed by atoms with Gasteiger partial charge in [-0.1, -0.05) is 133 Å². The van der Waals surface area contributed by atoms with E-state index >= 15 is 0 Å². The van der Waals surface area contributed by atoms with Crippen LogP contribution in [-0.4, -0.2) is 74.9 Å². The summed E-state index contributed by atoms with van der Waals surface area (Å²) >= 11 is 0. The maximum absolute atomic E-state index is 14.8. The number of ether oxygens (including phenoxy) is 10. The van der Waals surface area contributed by atoms with Crippen molar-refractivity contribution >= 4 is 34.8 Å². The van der Waals surface area contributed by atoms with E-state index in [0.29, 0.717) is 17.1 Å². The molecular formula is C65H50O16. The Bertz CT molecular complexity index is 3730. The van der Waals surface area contributed by atoms with Gasteiger partial charge in [-0.3, -0.25) is 4.79 Å². The molecule has 0 bridgehead atoms. The van der Waals surface area contributed by atoms with E-state index in [1.54, 1.807) is 110 Å². The number of carbonyl (C=O) groups is 4. The van der Waals surface area contributed by atoms with Gasteiger partial charge in [0.05, 0.1) is 36.0 Å². The summed E-state index contributed by atoms with van der Waals surface area (Å²) in [7, 11) is 1.35. The fourth-order valence-corrected chi connectivity index (χ4v) is 9.56. The fourth-order valence-electron chi connectivity index (χ4n) is 9.56. The highest BCUT2D eigenvalue weighted by Crippen LogP contribution is 2.50. The average molecular weight is 1090 g/mol. The second kappa shape index (κ2) is 23.4. The summed E-state index contributed by atoms with van der Waals surface area (Å²) in [5.74, 6) is -4.19. The molecule has 11 rings (SSSR count). The number of hydrogen-bond donors (Lipinski definition) is 0. The van der Waals surface area contributed by atoms with Crippen LogP contribution in [0, 0.1) is 0 Å². The SMILES string of the molecule is CCOc1c(-c2ccc3c(c2)OC(c2ccccc2)(c2ccccc2)O3)oc2cc(O[C@@H]3OC(COC(=O)c4ccccc4)[C@@H](OC(=O)c4ccccc4)C(OC(=O)c4ccccc4)[C@@H]3OC(=O)c3ccccc3)cc(OC)c2c1=O. The van der Waals surface area contributed by atoms with Gasteiger partial charge in [0, 0.05) is 28.8 Å². The van der Waals surface area contributed by atoms with Crippen molar-refractivity contribution in [1.82, 2.24) is 0 Å². The monoisotopic (exact) mass is 1090 g/mol. The zero-order valence-electron chi connectivity index (χ0n) is 43.5. The number of carbonyl (C=O) groups excluding carboxylic acids is 4. The predicted molar refractivity (Wildman–Crippen MR) is 294 cm³/mol. The van der Waals surface area contributed by atoms with E-state index in [-0.39, 0.29) is 62.8 Å². The minimum Gasteiger partial charge on any atom is -0.496 e. The molecule has 2 aliphatic rings. The number of hydrogen-bond acceptors (Lipinski definition) is 16. The largest absolute Gasteiger partial charge is 0.496 e. The summed E-state index contributed by atoms with van der Waals surface area (Å²) in [6.45, 7) is 1.21. The topological polar surface area (TPSA) is 191 Å². The van der Waals surface area contributed by atoms with Crippen molar-refractivity contribution in [2.45, 2.75) is 43.4 Å². The summed E-state index contributed by atoms with van der Waals surface area (Å²) in [6.07, 6.45) is -8.37. The molecule has 9 aromatic rings. The first-order valence-corrected chi connectivity index (χ1v) is 25.9. The molecule has 406 valence electrons. The molecule has 16 heteroatoms. The normalized spacial score (nSPS) is 17.7. The van der Waals surface area contributed by atoms with E-state index < -0.39 is 72.4 Å². The molecule has 2 aliphatic heterocycles. The number of esters is 4. The first-order valence-electron chi connectivity index (χ1n) is 25.9. The maximum atomic E-state index is 14.8. The lowest BCUT2D eigenvalue weighted by atomic mass is 9.97. The van der Waals surface area contributed by atoms with E-state index in [1.165, 1.54) is 55.6 Å². The minimum absolute atomic E-state index is 0.0187. The molecule has 81 heavy (non-hydrogen) atoms. The van der Waals surface area contributed by atoms with Gasteiger partial charge in [-0.25, -0.2) is 19.2 Å². The molecular weight excluding hydrogens is 1040 g/mol. The van der Waals surface area contributed by atoms with Gasteiger partial charge < -0.3 is 51.8 Å². The van der Waals surface area contributed by atoms with Crippen LogP contribution in [0.5, 0.6) is 28.7 Å². The molecule has 1 aromatic heterocycles. The Morgan fingerprint density at radius 2 is 1.01 bits per heavy atom. The van der Waals surface area contributed by atoms with Crippen LogP contribution in [-0.2, 0) is 29.5 Å². The Morgan fingerprint density at radius 1 is 0.531 bits per heavy atom. The second-order valence-electron chi connectivity index (χ2n) is 18.6. The smallest absolute Gasteiger partial charge is 0.338 e. The van der Waals surface area contributed by atoms with Crippen LogP contribution in [0.3, 0.4) is 0 Å². The van der Waals surface area contributed by atoms with Crippen molar-refractivity contribution in [2.75, 3.05) is 20.3 Å². The molecule has 5 atom stereocenters. The fraction of sp³-hybridized carbons (Fsp3) is 0.154. The Hall–Kier alpha value is -10.2. The van der Waals surface area contributed by atoms with Crippen molar-refractivity contribution in [3.8, 4) is 40.1 Å². The summed E-state index contributed by atoms with van der Waals surface area (Å²) in [5, 5.41) is -0.0187. The number of methoxy groups -OCH3 is 1. The van der Waals surface area contributed by atoms with E-state index in [0.717, 1.165) is 11.1 Å². The van der Waals surface area contributed by atoms with Crippen LogP contribution in [0.2, 0.25) is 0 Å². The Morgan fingerprint density at radius 3 is 1.53 bits per heavy atom. The highest BCUT2D eigenvalue weighted by Gasteiger charge is 2.54. The highest BCUT2D eigenvalue weighted by molar-refractivity contribution is 5.92. The molecule has 0 aliphatic carbocycles. The van der Waals surface area contributed by atoms with Crippen molar-refractivity contribution in [3.63, 3.8) is 0 Å². The van der Waals surface area contributed by atoms with Crippen LogP contribution < -0.4 is 29.1 Å². The lowest BCUT2D eigenvalue weighted by Crippen LogP contribution is -2.63. The van der Waals surface area contributed by atoms with Gasteiger partial charge >= 0.3 is 29.7 Å². The summed E-state index contributed by atoms with van der Waals surface area (Å²) in [4.78, 5) is 71.1. The van der Waals surface area contributed by atoms with Gasteiger partial charge in [0.15, 0.2) is 29.5 Å². The van der Waals surface area contributed by atoms with Crippen LogP contribution in [0.25, 0.3) is 22.3 Å². The van der Waals surface area contributed by atoms with Crippen molar-refractivity contribution in [2.24, 2.45) is 0 Å². The molecule has 0 radical (unpaired) electrons. The molecule has 0 saturated carbocycles. The van der Waals surface area contributed by atoms with Gasteiger partial charge in [0.2, 0.25) is 23.6 Å². The maximum Gasteiger partial charge on any atom is 0.338 e. The number of benzene rings is 8. The van der Waals surface area contributed by atoms with Gasteiger partial charge in [-0.15, -0.1) is 0 Å². The molecule has 2 unspecified atom stereocenters. The second-order valence-corrected chi connectivity index (χ2v) is 18.6. The third kappa shape index (κ3) is 11.0. The molecule has 1 fully saturated rings. The van der Waals surface area contributed by atoms with Gasteiger partial charge in [-0.05, 0) is 73.7 Å². The first-order chi connectivity index (χ1) is 39.6. The van der Waals surface area contributed by atoms with Crippen molar-refractivity contribution in [1.29, 1.82) is 0 Å². The van der Waals surface area contributed by atoms with Crippen molar-refractivity contribution < 1.29 is 71.0 Å². The van der Waals surface area contributed by atoms with E-state index in [4.69, 9.17) is 51.8 Å². The molecule has 3 heterocycles. The molecule has 16 nitrogen and oxygen atoms in total. The van der Waals surface area contributed by atoms with Crippen LogP contribution >= 0.6 is 0 Å². The quantitative estimate of drug-likeness (QED) is 0.0617. The highest BCUT2D eigenvalue weighted by atomic mass is 16.7. The molecule has 0 amide bonds. The van der Waals surface area contributed by atoms with Gasteiger partial charge in [0.25, 0.3) is 0 Å². The minimum atomic E-state index is -1.77. The summed E-state index contributed by atoms with van der Waals surface area (Å²) in [5.41, 5.74) is 1.75. The Kier molecular flexibility index (Phi) is 15.3. The summed E-state index contributed by atoms with van der Waals surface area (Å²) in [6, 6.07) is 59.1. The molecule has 0 spiro atoms. The van der Waals surface area contributed by atoms with Crippen LogP contribution in [0.1, 0.15) is 59.5 Å². The lowest BCUT2D eigenvalue weighted by molar-refractivity contribution is -0.275. The third-order valence-corrected chi connectivity index (χ3v) is 13.4. The molecule has 8 aromatic carbocycles. The molecule has 1 saturated heterocycles. The first kappa shape index (κ1) is 52.8. The van der Waals surface area contributed by atoms with E-state index in [1.807, 2.05) is 60.7 Å². The average Bonchev–Trinajstić information content (AvgIpc) is 3.94. The van der Waals surface area contributed by atoms with Gasteiger partial charge in [-0.2, -0.15) is 0 Å². The zero-order valence-corrected chi connectivity index (χ0v) is 43.5. The van der Waals surface area contributed by atoms with E-state index in [2.05, 4.69) is 0 Å². The standard InChI is InChI=1S/C65H50O16/c1-3-72-57-54(66)53-50(71-2)37-47(38-51(53)75-55(57)44-34-35-48-49(36-44)81-65(80-48,45-30-18-8-19-31-45)46-32-20-9-21-33-46)74-64-59(79-63(70)43-28-16-7-17-29-43)58(78-62(69)42-26-14-6-15-27-42)56(77-61(68)41-24-12-5-13-25-41)52(76-64)39-73-60(67)40-22-10-4-11-23-40/h4-38,52,56,58-59,64H,3,39H2,1-2H3/t52?,56-,58?,59+,64-/m1/s1. The van der Waals surface area contributed by atoms with Crippen molar-refractivity contribution in [3.05, 3.63) is 256 Å². The Labute approximate surface area is 463 Å². The van der Waals surface area contributed by atoms with Crippen LogP contribution in [0.4, 0.5) is 0 Å². The Balaban J connectivity index is 1.02. The zero-order chi connectivity index (χ0) is 55.9. The molecule has 0 N–H and O–H groups in total. The van der Waals surface area contributed by atoms with E-state index in [9.17, 15) is 24.0 Å².